The number of nitrogens with one attached hydrogen (secondary N) is 2. The van der Waals surface area contributed by atoms with Crippen LogP contribution in [0.25, 0.3) is 0 Å². The number of hydrogen-bond acceptors (Lipinski definition) is 6. The summed E-state index contributed by atoms with van der Waals surface area (Å²) in [7, 11) is 1.31. The van der Waals surface area contributed by atoms with Crippen molar-refractivity contribution < 1.29 is 23.8 Å². The monoisotopic (exact) mass is 350 g/mol. The van der Waals surface area contributed by atoms with Gasteiger partial charge in [0.25, 0.3) is 5.69 Å². The Hall–Kier alpha value is -3.76. The van der Waals surface area contributed by atoms with Gasteiger partial charge in [-0.05, 0) is 18.2 Å². The Morgan fingerprint density at radius 1 is 1.08 bits per heavy atom. The van der Waals surface area contributed by atoms with E-state index in [-0.39, 0.29) is 22.8 Å². The van der Waals surface area contributed by atoms with Gasteiger partial charge in [-0.3, -0.25) is 20.2 Å². The van der Waals surface area contributed by atoms with Crippen LogP contribution < -0.4 is 15.4 Å². The van der Waals surface area contributed by atoms with Gasteiger partial charge in [0.05, 0.1) is 22.6 Å². The summed E-state index contributed by atoms with van der Waals surface area (Å²) in [5.41, 5.74) is -1.08. The van der Waals surface area contributed by atoms with Crippen LogP contribution in [0.3, 0.4) is 0 Å². The molecule has 0 bridgehead atoms. The molecule has 0 aromatic heterocycles. The highest BCUT2D eigenvalue weighted by atomic mass is 19.1. The summed E-state index contributed by atoms with van der Waals surface area (Å²) in [5, 5.41) is 26.1. The molecule has 0 saturated carbocycles. The number of anilines is 2. The molecule has 0 aliphatic rings. The van der Waals surface area contributed by atoms with Gasteiger partial charge in [-0.15, -0.1) is 0 Å². The van der Waals surface area contributed by atoms with Crippen LogP contribution in [0.2, 0.25) is 0 Å². The number of non-ortho nitro benzene ring substituents is 1. The van der Waals surface area contributed by atoms with Crippen LogP contribution in [0.5, 0.6) is 5.75 Å². The number of carbonyl (C=O) groups excluding carboxylic acids is 1. The van der Waals surface area contributed by atoms with E-state index in [2.05, 4.69) is 10.6 Å². The van der Waals surface area contributed by atoms with Crippen LogP contribution in [0.4, 0.5) is 31.9 Å². The van der Waals surface area contributed by atoms with Gasteiger partial charge in [0.15, 0.2) is 0 Å². The molecule has 2 N–H and O–H groups in total. The smallest absolute Gasteiger partial charge is 0.323 e. The van der Waals surface area contributed by atoms with Crippen molar-refractivity contribution in [2.75, 3.05) is 17.7 Å². The fraction of sp³-hybridized carbons (Fsp3) is 0.0714. The summed E-state index contributed by atoms with van der Waals surface area (Å²) >= 11 is 0. The molecule has 0 spiro atoms. The summed E-state index contributed by atoms with van der Waals surface area (Å²) in [4.78, 5) is 31.9. The van der Waals surface area contributed by atoms with Crippen LogP contribution in [0.15, 0.2) is 36.4 Å². The number of halogens is 1. The minimum atomic E-state index is -1.05. The van der Waals surface area contributed by atoms with Crippen molar-refractivity contribution >= 4 is 28.8 Å². The molecule has 2 rings (SSSR count). The molecule has 0 fully saturated rings. The lowest BCUT2D eigenvalue weighted by Gasteiger charge is -2.11. The third kappa shape index (κ3) is 4.16. The zero-order valence-corrected chi connectivity index (χ0v) is 12.7. The lowest BCUT2D eigenvalue weighted by molar-refractivity contribution is -0.387. The van der Waals surface area contributed by atoms with Gasteiger partial charge in [0, 0.05) is 23.9 Å². The number of nitrogens with zero attached hydrogens (tertiary/aromatic N) is 2. The van der Waals surface area contributed by atoms with E-state index in [1.807, 2.05) is 0 Å². The van der Waals surface area contributed by atoms with Gasteiger partial charge in [-0.25, -0.2) is 4.79 Å². The Balaban J connectivity index is 2.20. The van der Waals surface area contributed by atoms with Crippen LogP contribution in [-0.4, -0.2) is 23.0 Å². The van der Waals surface area contributed by atoms with Crippen molar-refractivity contribution in [2.24, 2.45) is 0 Å². The molecule has 11 heteroatoms. The van der Waals surface area contributed by atoms with E-state index in [4.69, 9.17) is 4.74 Å². The fourth-order valence-electron chi connectivity index (χ4n) is 1.92. The molecular formula is C14H11FN4O6. The number of hydrogen-bond donors (Lipinski definition) is 2. The molecule has 0 unspecified atom stereocenters. The van der Waals surface area contributed by atoms with Crippen molar-refractivity contribution in [3.8, 4) is 5.75 Å². The third-order valence-electron chi connectivity index (χ3n) is 3.04. The Labute approximate surface area is 139 Å². The number of urea groups is 1. The van der Waals surface area contributed by atoms with E-state index in [1.165, 1.54) is 19.2 Å². The maximum Gasteiger partial charge on any atom is 0.323 e. The van der Waals surface area contributed by atoms with Crippen molar-refractivity contribution in [1.29, 1.82) is 0 Å². The zero-order chi connectivity index (χ0) is 18.6. The molecule has 2 aromatic rings. The number of carbonyl (C=O) groups is 1. The van der Waals surface area contributed by atoms with E-state index in [1.54, 1.807) is 0 Å². The molecule has 2 amide bonds. The van der Waals surface area contributed by atoms with E-state index >= 15 is 0 Å². The summed E-state index contributed by atoms with van der Waals surface area (Å²) < 4.78 is 18.3. The Morgan fingerprint density at radius 2 is 1.80 bits per heavy atom. The summed E-state index contributed by atoms with van der Waals surface area (Å²) in [6.07, 6.45) is 0. The number of amides is 2. The Bertz CT molecular complexity index is 857. The Morgan fingerprint density at radius 3 is 2.40 bits per heavy atom. The summed E-state index contributed by atoms with van der Waals surface area (Å²) in [6.45, 7) is 0. The molecule has 0 aliphatic carbocycles. The third-order valence-corrected chi connectivity index (χ3v) is 3.04. The van der Waals surface area contributed by atoms with Crippen molar-refractivity contribution in [1.82, 2.24) is 0 Å². The minimum absolute atomic E-state index is 0.0193. The summed E-state index contributed by atoms with van der Waals surface area (Å²) in [6, 6.07) is 5.56. The average molecular weight is 350 g/mol. The Kier molecular flexibility index (Phi) is 5.07. The molecular weight excluding hydrogens is 339 g/mol. The zero-order valence-electron chi connectivity index (χ0n) is 12.7. The number of rotatable bonds is 5. The minimum Gasteiger partial charge on any atom is -0.495 e. The van der Waals surface area contributed by atoms with Crippen LogP contribution in [0.1, 0.15) is 0 Å². The van der Waals surface area contributed by atoms with Gasteiger partial charge in [-0.2, -0.15) is 4.39 Å². The van der Waals surface area contributed by atoms with E-state index < -0.39 is 27.4 Å². The van der Waals surface area contributed by atoms with Crippen molar-refractivity contribution in [3.05, 3.63) is 62.4 Å². The van der Waals surface area contributed by atoms with E-state index in [9.17, 15) is 29.4 Å². The largest absolute Gasteiger partial charge is 0.495 e. The van der Waals surface area contributed by atoms with Crippen molar-refractivity contribution in [2.45, 2.75) is 0 Å². The standard InChI is InChI=1S/C14H11FN4O6/c1-25-13-5-3-9(18(21)22)7-11(13)17-14(20)16-8-2-4-10(15)12(6-8)19(23)24/h2-7H,1H3,(H2,16,17,20). The second kappa shape index (κ2) is 7.21. The van der Waals surface area contributed by atoms with Crippen LogP contribution in [-0.2, 0) is 0 Å². The second-order valence-corrected chi connectivity index (χ2v) is 4.64. The fourth-order valence-corrected chi connectivity index (χ4v) is 1.92. The van der Waals surface area contributed by atoms with E-state index in [0.29, 0.717) is 0 Å². The van der Waals surface area contributed by atoms with Gasteiger partial charge < -0.3 is 15.4 Å². The quantitative estimate of drug-likeness (QED) is 0.627. The number of nitro benzene ring substituents is 2. The van der Waals surface area contributed by atoms with Gasteiger partial charge in [0.2, 0.25) is 5.82 Å². The molecule has 25 heavy (non-hydrogen) atoms. The molecule has 0 atom stereocenters. The molecule has 10 nitrogen and oxygen atoms in total. The lowest BCUT2D eigenvalue weighted by atomic mass is 10.2. The highest BCUT2D eigenvalue weighted by Crippen LogP contribution is 2.29. The average Bonchev–Trinajstić information content (AvgIpc) is 2.56. The highest BCUT2D eigenvalue weighted by Gasteiger charge is 2.17. The van der Waals surface area contributed by atoms with Crippen molar-refractivity contribution in [3.63, 3.8) is 0 Å². The highest BCUT2D eigenvalue weighted by molar-refractivity contribution is 6.01. The van der Waals surface area contributed by atoms with E-state index in [0.717, 1.165) is 24.3 Å². The number of ether oxygens (including phenoxy) is 1. The predicted molar refractivity (Wildman–Crippen MR) is 85.3 cm³/mol. The molecule has 0 radical (unpaired) electrons. The maximum atomic E-state index is 13.3. The van der Waals surface area contributed by atoms with Gasteiger partial charge >= 0.3 is 11.7 Å². The van der Waals surface area contributed by atoms with Gasteiger partial charge in [0.1, 0.15) is 5.75 Å². The van der Waals surface area contributed by atoms with Crippen LogP contribution >= 0.6 is 0 Å². The maximum absolute atomic E-state index is 13.3. The SMILES string of the molecule is COc1ccc([N+](=O)[O-])cc1NC(=O)Nc1ccc(F)c([N+](=O)[O-])c1. The summed E-state index contributed by atoms with van der Waals surface area (Å²) in [5.74, 6) is -0.873. The first kappa shape index (κ1) is 17.6. The molecule has 2 aromatic carbocycles. The predicted octanol–water partition coefficient (Wildman–Crippen LogP) is 3.29. The second-order valence-electron chi connectivity index (χ2n) is 4.64. The van der Waals surface area contributed by atoms with Gasteiger partial charge in [-0.1, -0.05) is 0 Å². The lowest BCUT2D eigenvalue weighted by Crippen LogP contribution is -2.20. The molecule has 0 saturated heterocycles. The first-order valence-corrected chi connectivity index (χ1v) is 6.66. The normalized spacial score (nSPS) is 10.0. The van der Waals surface area contributed by atoms with Crippen LogP contribution in [0, 0.1) is 26.0 Å². The number of methoxy groups -OCH3 is 1. The first-order valence-electron chi connectivity index (χ1n) is 6.66. The molecule has 130 valence electrons. The number of nitro groups is 2. The molecule has 0 heterocycles. The number of benzene rings is 2. The first-order chi connectivity index (χ1) is 11.8. The topological polar surface area (TPSA) is 137 Å². The molecule has 0 aliphatic heterocycles.